The largest absolute Gasteiger partial charge is 0.324 e. The molecule has 0 saturated heterocycles. The zero-order valence-electron chi connectivity index (χ0n) is 6.82. The van der Waals surface area contributed by atoms with Crippen LogP contribution in [0.2, 0.25) is 0 Å². The Hall–Kier alpha value is -0.930. The first-order chi connectivity index (χ1) is 5.79. The molecule has 0 aliphatic carbocycles. The van der Waals surface area contributed by atoms with Gasteiger partial charge < -0.3 is 5.73 Å². The van der Waals surface area contributed by atoms with Crippen LogP contribution < -0.4 is 5.73 Å². The molecule has 1 atom stereocenters. The Kier molecular flexibility index (Phi) is 1.83. The maximum Gasteiger partial charge on any atom is 0.0859 e. The molecule has 1 aromatic heterocycles. The lowest BCUT2D eigenvalue weighted by Gasteiger charge is -2.04. The Labute approximate surface area is 75.0 Å². The van der Waals surface area contributed by atoms with Crippen LogP contribution in [-0.4, -0.2) is 4.98 Å². The molecule has 1 heterocycles. The van der Waals surface area contributed by atoms with E-state index in [0.717, 1.165) is 11.1 Å². The van der Waals surface area contributed by atoms with Gasteiger partial charge in [0, 0.05) is 6.04 Å². The summed E-state index contributed by atoms with van der Waals surface area (Å²) in [6, 6.07) is 6.20. The van der Waals surface area contributed by atoms with Gasteiger partial charge in [0.25, 0.3) is 0 Å². The molecule has 0 aliphatic heterocycles. The third kappa shape index (κ3) is 1.11. The minimum Gasteiger partial charge on any atom is -0.324 e. The monoisotopic (exact) mass is 178 g/mol. The molecule has 0 amide bonds. The lowest BCUT2D eigenvalue weighted by molar-refractivity contribution is 0.824. The molecule has 62 valence electrons. The molecular formula is C9H10N2S. The summed E-state index contributed by atoms with van der Waals surface area (Å²) in [5, 5.41) is 0. The van der Waals surface area contributed by atoms with Gasteiger partial charge in [-0.3, -0.25) is 0 Å². The number of nitrogens with two attached hydrogens (primary N) is 1. The van der Waals surface area contributed by atoms with E-state index in [1.807, 2.05) is 24.6 Å². The Morgan fingerprint density at radius 3 is 3.08 bits per heavy atom. The molecule has 2 nitrogen and oxygen atoms in total. The van der Waals surface area contributed by atoms with Crippen molar-refractivity contribution in [3.05, 3.63) is 29.3 Å². The van der Waals surface area contributed by atoms with Crippen molar-refractivity contribution in [2.45, 2.75) is 13.0 Å². The Bertz CT molecular complexity index is 392. The summed E-state index contributed by atoms with van der Waals surface area (Å²) in [7, 11) is 0. The van der Waals surface area contributed by atoms with Crippen LogP contribution in [0.5, 0.6) is 0 Å². The van der Waals surface area contributed by atoms with Gasteiger partial charge in [-0.25, -0.2) is 4.98 Å². The van der Waals surface area contributed by atoms with Crippen LogP contribution in [0, 0.1) is 0 Å². The van der Waals surface area contributed by atoms with Crippen LogP contribution in [-0.2, 0) is 0 Å². The van der Waals surface area contributed by atoms with Crippen molar-refractivity contribution in [1.29, 1.82) is 0 Å². The summed E-state index contributed by atoms with van der Waals surface area (Å²) in [4.78, 5) is 4.28. The average Bonchev–Trinajstić information content (AvgIpc) is 2.49. The van der Waals surface area contributed by atoms with Crippen molar-refractivity contribution in [2.75, 3.05) is 0 Å². The highest BCUT2D eigenvalue weighted by Gasteiger charge is 2.05. The normalized spacial score (nSPS) is 13.5. The highest BCUT2D eigenvalue weighted by atomic mass is 32.1. The number of aromatic nitrogens is 1. The molecule has 2 rings (SSSR count). The van der Waals surface area contributed by atoms with Gasteiger partial charge in [-0.15, -0.1) is 11.3 Å². The van der Waals surface area contributed by atoms with Gasteiger partial charge in [-0.2, -0.15) is 0 Å². The number of fused-ring (bicyclic) bond motifs is 1. The minimum absolute atomic E-state index is 0.0656. The summed E-state index contributed by atoms with van der Waals surface area (Å²) in [6.45, 7) is 1.98. The predicted molar refractivity (Wildman–Crippen MR) is 52.2 cm³/mol. The third-order valence-electron chi connectivity index (χ3n) is 1.88. The predicted octanol–water partition coefficient (Wildman–Crippen LogP) is 2.32. The van der Waals surface area contributed by atoms with E-state index in [1.165, 1.54) is 4.70 Å². The number of para-hydroxylation sites is 1. The second-order valence-corrected chi connectivity index (χ2v) is 3.72. The summed E-state index contributed by atoms with van der Waals surface area (Å²) in [5.74, 6) is 0. The van der Waals surface area contributed by atoms with E-state index in [0.29, 0.717) is 0 Å². The van der Waals surface area contributed by atoms with Crippen molar-refractivity contribution in [3.8, 4) is 0 Å². The second-order valence-electron chi connectivity index (χ2n) is 2.84. The summed E-state index contributed by atoms with van der Waals surface area (Å²) >= 11 is 1.65. The molecular weight excluding hydrogens is 168 g/mol. The molecule has 0 fully saturated rings. The lowest BCUT2D eigenvalue weighted by Crippen LogP contribution is -2.05. The van der Waals surface area contributed by atoms with Gasteiger partial charge >= 0.3 is 0 Å². The summed E-state index contributed by atoms with van der Waals surface area (Å²) < 4.78 is 1.21. The molecule has 1 aromatic carbocycles. The second kappa shape index (κ2) is 2.84. The highest BCUT2D eigenvalue weighted by Crippen LogP contribution is 2.24. The first-order valence-electron chi connectivity index (χ1n) is 3.87. The van der Waals surface area contributed by atoms with E-state index in [4.69, 9.17) is 5.73 Å². The zero-order valence-corrected chi connectivity index (χ0v) is 7.64. The van der Waals surface area contributed by atoms with Gasteiger partial charge in [0.15, 0.2) is 0 Å². The fourth-order valence-corrected chi connectivity index (χ4v) is 1.99. The third-order valence-corrected chi connectivity index (χ3v) is 2.68. The standard InChI is InChI=1S/C9H10N2S/c1-6(10)7-3-2-4-8-9(7)11-5-12-8/h2-6H,10H2,1H3. The molecule has 12 heavy (non-hydrogen) atoms. The number of nitrogens with zero attached hydrogens (tertiary/aromatic N) is 1. The first kappa shape index (κ1) is 7.71. The summed E-state index contributed by atoms with van der Waals surface area (Å²) in [6.07, 6.45) is 0. The Balaban J connectivity index is 2.73. The molecule has 0 aliphatic rings. The minimum atomic E-state index is 0.0656. The fourth-order valence-electron chi connectivity index (χ4n) is 1.28. The molecule has 1 unspecified atom stereocenters. The molecule has 0 bridgehead atoms. The SMILES string of the molecule is CC(N)c1cccc2scnc12. The first-order valence-corrected chi connectivity index (χ1v) is 4.74. The summed E-state index contributed by atoms with van der Waals surface area (Å²) in [5.41, 5.74) is 9.85. The van der Waals surface area contributed by atoms with Crippen LogP contribution >= 0.6 is 11.3 Å². The lowest BCUT2D eigenvalue weighted by atomic mass is 10.1. The van der Waals surface area contributed by atoms with E-state index in [2.05, 4.69) is 11.1 Å². The van der Waals surface area contributed by atoms with Gasteiger partial charge in [0.05, 0.1) is 15.7 Å². The number of hydrogen-bond donors (Lipinski definition) is 1. The van der Waals surface area contributed by atoms with Crippen molar-refractivity contribution in [2.24, 2.45) is 5.73 Å². The van der Waals surface area contributed by atoms with E-state index in [1.54, 1.807) is 11.3 Å². The number of hydrogen-bond acceptors (Lipinski definition) is 3. The van der Waals surface area contributed by atoms with Crippen LogP contribution in [0.1, 0.15) is 18.5 Å². The molecule has 0 radical (unpaired) electrons. The Morgan fingerprint density at radius 1 is 1.50 bits per heavy atom. The Morgan fingerprint density at radius 2 is 2.33 bits per heavy atom. The van der Waals surface area contributed by atoms with Crippen LogP contribution in [0.4, 0.5) is 0 Å². The van der Waals surface area contributed by atoms with Gasteiger partial charge in [0.2, 0.25) is 0 Å². The van der Waals surface area contributed by atoms with E-state index in [9.17, 15) is 0 Å². The molecule has 0 saturated carbocycles. The zero-order chi connectivity index (χ0) is 8.55. The van der Waals surface area contributed by atoms with Gasteiger partial charge in [-0.1, -0.05) is 12.1 Å². The van der Waals surface area contributed by atoms with Crippen LogP contribution in [0.15, 0.2) is 23.7 Å². The molecule has 3 heteroatoms. The van der Waals surface area contributed by atoms with Crippen molar-refractivity contribution >= 4 is 21.6 Å². The van der Waals surface area contributed by atoms with Crippen LogP contribution in [0.3, 0.4) is 0 Å². The maximum atomic E-state index is 5.80. The average molecular weight is 178 g/mol. The van der Waals surface area contributed by atoms with Crippen molar-refractivity contribution in [1.82, 2.24) is 4.98 Å². The smallest absolute Gasteiger partial charge is 0.0859 e. The number of thiazole rings is 1. The number of rotatable bonds is 1. The van der Waals surface area contributed by atoms with E-state index in [-0.39, 0.29) is 6.04 Å². The van der Waals surface area contributed by atoms with Crippen molar-refractivity contribution in [3.63, 3.8) is 0 Å². The molecule has 0 spiro atoms. The molecule has 2 aromatic rings. The number of benzene rings is 1. The topological polar surface area (TPSA) is 38.9 Å². The van der Waals surface area contributed by atoms with E-state index < -0.39 is 0 Å². The van der Waals surface area contributed by atoms with E-state index >= 15 is 0 Å². The van der Waals surface area contributed by atoms with Crippen LogP contribution in [0.25, 0.3) is 10.2 Å². The van der Waals surface area contributed by atoms with Crippen molar-refractivity contribution < 1.29 is 0 Å². The quantitative estimate of drug-likeness (QED) is 0.727. The van der Waals surface area contributed by atoms with Gasteiger partial charge in [-0.05, 0) is 18.6 Å². The maximum absolute atomic E-state index is 5.80. The highest BCUT2D eigenvalue weighted by molar-refractivity contribution is 7.16. The van der Waals surface area contributed by atoms with Gasteiger partial charge in [0.1, 0.15) is 0 Å². The fraction of sp³-hybridized carbons (Fsp3) is 0.222. The molecule has 2 N–H and O–H groups in total.